The second-order valence-corrected chi connectivity index (χ2v) is 11.6. The fourth-order valence-corrected chi connectivity index (χ4v) is 6.26. The predicted octanol–water partition coefficient (Wildman–Crippen LogP) is 3.88. The Morgan fingerprint density at radius 1 is 1.19 bits per heavy atom. The third kappa shape index (κ3) is 4.89. The molecular formula is C21H22N4O4S3. The molecule has 0 aliphatic carbocycles. The van der Waals surface area contributed by atoms with Crippen LogP contribution in [0, 0.1) is 5.92 Å². The van der Waals surface area contributed by atoms with Gasteiger partial charge in [0, 0.05) is 5.75 Å². The molecule has 2 aromatic carbocycles. The Kier molecular flexibility index (Phi) is 6.68. The van der Waals surface area contributed by atoms with E-state index in [1.807, 2.05) is 0 Å². The van der Waals surface area contributed by atoms with E-state index < -0.39 is 22.0 Å². The molecule has 2 heterocycles. The number of nitrogens with zero attached hydrogens (tertiary/aromatic N) is 3. The molecule has 1 aliphatic rings. The largest absolute Gasteiger partial charge is 0.476 e. The first kappa shape index (κ1) is 22.6. The summed E-state index contributed by atoms with van der Waals surface area (Å²) in [6.07, 6.45) is -1.04. The van der Waals surface area contributed by atoms with Gasteiger partial charge in [0.05, 0.1) is 17.1 Å². The Bertz CT molecular complexity index is 1200. The minimum atomic E-state index is -3.88. The average molecular weight is 491 g/mol. The minimum Gasteiger partial charge on any atom is -0.476 e. The number of carbonyl (C=O) groups is 1. The quantitative estimate of drug-likeness (QED) is 0.396. The molecule has 0 bridgehead atoms. The molecule has 1 aliphatic heterocycles. The lowest BCUT2D eigenvalue weighted by atomic mass is 10.2. The first-order valence-corrected chi connectivity index (χ1v) is 13.2. The van der Waals surface area contributed by atoms with Crippen LogP contribution in [0.15, 0.2) is 63.8 Å². The zero-order valence-electron chi connectivity index (χ0n) is 17.5. The van der Waals surface area contributed by atoms with Crippen molar-refractivity contribution in [3.63, 3.8) is 0 Å². The number of carbonyl (C=O) groups excluding carboxylic acids is 1. The molecular weight excluding hydrogens is 468 g/mol. The van der Waals surface area contributed by atoms with Gasteiger partial charge in [-0.1, -0.05) is 67.3 Å². The minimum absolute atomic E-state index is 0.145. The molecule has 1 amide bonds. The van der Waals surface area contributed by atoms with Crippen LogP contribution in [0.25, 0.3) is 0 Å². The van der Waals surface area contributed by atoms with Gasteiger partial charge in [-0.25, -0.2) is 8.42 Å². The highest BCUT2D eigenvalue weighted by molar-refractivity contribution is 8.01. The molecule has 1 aromatic heterocycles. The van der Waals surface area contributed by atoms with Gasteiger partial charge < -0.3 is 4.74 Å². The van der Waals surface area contributed by atoms with Crippen LogP contribution in [0.2, 0.25) is 0 Å². The maximum atomic E-state index is 13.3. The molecule has 0 saturated heterocycles. The van der Waals surface area contributed by atoms with Crippen molar-refractivity contribution in [2.75, 3.05) is 21.9 Å². The molecule has 0 fully saturated rings. The topological polar surface area (TPSA) is 101 Å². The number of amides is 1. The highest BCUT2D eigenvalue weighted by Gasteiger charge is 2.37. The first-order chi connectivity index (χ1) is 15.3. The van der Waals surface area contributed by atoms with Crippen molar-refractivity contribution < 1.29 is 17.9 Å². The van der Waals surface area contributed by atoms with Crippen LogP contribution in [0.1, 0.15) is 13.8 Å². The fourth-order valence-electron chi connectivity index (χ4n) is 3.03. The molecule has 0 unspecified atom stereocenters. The van der Waals surface area contributed by atoms with Crippen LogP contribution >= 0.6 is 23.1 Å². The number of anilines is 2. The summed E-state index contributed by atoms with van der Waals surface area (Å²) in [4.78, 5) is 13.1. The maximum absolute atomic E-state index is 13.3. The Balaban J connectivity index is 1.55. The summed E-state index contributed by atoms with van der Waals surface area (Å²) in [5.41, 5.74) is 0.392. The van der Waals surface area contributed by atoms with Gasteiger partial charge in [0.1, 0.15) is 5.75 Å². The zero-order chi connectivity index (χ0) is 22.7. The van der Waals surface area contributed by atoms with E-state index in [1.54, 1.807) is 54.2 Å². The number of aromatic nitrogens is 2. The van der Waals surface area contributed by atoms with Crippen molar-refractivity contribution in [2.24, 2.45) is 5.92 Å². The number of hydrogen-bond acceptors (Lipinski definition) is 8. The number of ether oxygens (including phenoxy) is 1. The lowest BCUT2D eigenvalue weighted by molar-refractivity contribution is -0.122. The highest BCUT2D eigenvalue weighted by atomic mass is 32.2. The molecule has 4 rings (SSSR count). The summed E-state index contributed by atoms with van der Waals surface area (Å²) in [5.74, 6) is 1.25. The van der Waals surface area contributed by atoms with Crippen molar-refractivity contribution in [1.29, 1.82) is 0 Å². The normalized spacial score (nSPS) is 15.8. The second-order valence-electron chi connectivity index (χ2n) is 7.49. The number of thioether (sulfide) groups is 1. The lowest BCUT2D eigenvalue weighted by Gasteiger charge is -2.34. The predicted molar refractivity (Wildman–Crippen MR) is 126 cm³/mol. The number of rotatable bonds is 7. The van der Waals surface area contributed by atoms with Gasteiger partial charge >= 0.3 is 0 Å². The van der Waals surface area contributed by atoms with E-state index >= 15 is 0 Å². The molecule has 0 saturated carbocycles. The van der Waals surface area contributed by atoms with E-state index in [2.05, 4.69) is 29.4 Å². The van der Waals surface area contributed by atoms with Gasteiger partial charge in [-0.2, -0.15) is 0 Å². The lowest BCUT2D eigenvalue weighted by Crippen LogP contribution is -2.48. The molecule has 168 valence electrons. The van der Waals surface area contributed by atoms with Crippen LogP contribution in [0.3, 0.4) is 0 Å². The second kappa shape index (κ2) is 9.47. The number of hydrogen-bond donors (Lipinski definition) is 1. The van der Waals surface area contributed by atoms with Crippen LogP contribution in [0.4, 0.5) is 10.8 Å². The van der Waals surface area contributed by atoms with E-state index in [0.29, 0.717) is 22.5 Å². The monoisotopic (exact) mass is 490 g/mol. The summed E-state index contributed by atoms with van der Waals surface area (Å²) in [6, 6.07) is 14.9. The molecule has 0 spiro atoms. The number of para-hydroxylation sites is 2. The van der Waals surface area contributed by atoms with E-state index in [4.69, 9.17) is 4.74 Å². The molecule has 32 heavy (non-hydrogen) atoms. The Morgan fingerprint density at radius 2 is 1.91 bits per heavy atom. The van der Waals surface area contributed by atoms with Crippen molar-refractivity contribution >= 4 is 49.8 Å². The van der Waals surface area contributed by atoms with Gasteiger partial charge in [0.25, 0.3) is 15.9 Å². The smallest absolute Gasteiger partial charge is 0.269 e. The Morgan fingerprint density at radius 3 is 2.66 bits per heavy atom. The summed E-state index contributed by atoms with van der Waals surface area (Å²) in [7, 11) is -3.88. The molecule has 11 heteroatoms. The zero-order valence-corrected chi connectivity index (χ0v) is 19.9. The van der Waals surface area contributed by atoms with Gasteiger partial charge in [-0.15, -0.1) is 10.2 Å². The standard InChI is InChI=1S/C21H22N4O4S3/c1-14(2)13-30-21-24-23-20(31-21)22-19(26)18-12-25(16-10-6-7-11-17(16)29-18)32(27,28)15-8-4-3-5-9-15/h3-11,14,18H,12-13H2,1-2H3,(H,22,23,26)/t18-/m0/s1. The van der Waals surface area contributed by atoms with Crippen molar-refractivity contribution in [3.8, 4) is 5.75 Å². The van der Waals surface area contributed by atoms with E-state index in [1.165, 1.54) is 27.8 Å². The van der Waals surface area contributed by atoms with E-state index in [9.17, 15) is 13.2 Å². The summed E-state index contributed by atoms with van der Waals surface area (Å²) in [5, 5.41) is 11.2. The van der Waals surface area contributed by atoms with Gasteiger partial charge in [0.2, 0.25) is 5.13 Å². The average Bonchev–Trinajstić information content (AvgIpc) is 3.24. The van der Waals surface area contributed by atoms with Gasteiger partial charge in [-0.05, 0) is 30.2 Å². The van der Waals surface area contributed by atoms with Gasteiger partial charge in [0.15, 0.2) is 10.4 Å². The van der Waals surface area contributed by atoms with Crippen LogP contribution in [-0.4, -0.2) is 42.9 Å². The third-order valence-corrected chi connectivity index (χ3v) is 8.73. The fraction of sp³-hybridized carbons (Fsp3) is 0.286. The molecule has 8 nitrogen and oxygen atoms in total. The van der Waals surface area contributed by atoms with Crippen LogP contribution in [0.5, 0.6) is 5.75 Å². The van der Waals surface area contributed by atoms with Crippen LogP contribution < -0.4 is 14.4 Å². The summed E-state index contributed by atoms with van der Waals surface area (Å²) < 4.78 is 34.5. The Hall–Kier alpha value is -2.63. The molecule has 1 N–H and O–H groups in total. The molecule has 3 aromatic rings. The number of benzene rings is 2. The van der Waals surface area contributed by atoms with Crippen LogP contribution in [-0.2, 0) is 14.8 Å². The third-order valence-electron chi connectivity index (χ3n) is 4.54. The van der Waals surface area contributed by atoms with E-state index in [-0.39, 0.29) is 11.4 Å². The molecule has 0 radical (unpaired) electrons. The number of sulfonamides is 1. The molecule has 1 atom stereocenters. The first-order valence-electron chi connectivity index (χ1n) is 9.95. The SMILES string of the molecule is CC(C)CSc1nnc(NC(=O)[C@@H]2CN(S(=O)(=O)c3ccccc3)c3ccccc3O2)s1. The Labute approximate surface area is 195 Å². The van der Waals surface area contributed by atoms with Crippen molar-refractivity contribution in [3.05, 3.63) is 54.6 Å². The number of nitrogens with one attached hydrogen (secondary N) is 1. The summed E-state index contributed by atoms with van der Waals surface area (Å²) in [6.45, 7) is 4.07. The summed E-state index contributed by atoms with van der Waals surface area (Å²) >= 11 is 2.86. The van der Waals surface area contributed by atoms with Crippen molar-refractivity contribution in [2.45, 2.75) is 29.2 Å². The van der Waals surface area contributed by atoms with Gasteiger partial charge in [-0.3, -0.25) is 14.4 Å². The van der Waals surface area contributed by atoms with E-state index in [0.717, 1.165) is 10.1 Å². The highest BCUT2D eigenvalue weighted by Crippen LogP contribution is 2.37. The van der Waals surface area contributed by atoms with Crippen molar-refractivity contribution in [1.82, 2.24) is 10.2 Å². The number of fused-ring (bicyclic) bond motifs is 1. The maximum Gasteiger partial charge on any atom is 0.269 e.